The monoisotopic (exact) mass is 351 g/mol. The van der Waals surface area contributed by atoms with E-state index >= 15 is 0 Å². The van der Waals surface area contributed by atoms with Gasteiger partial charge in [0.25, 0.3) is 0 Å². The number of aliphatic hydroxyl groups is 1. The molecule has 2 atom stereocenters. The van der Waals surface area contributed by atoms with Gasteiger partial charge >= 0.3 is 0 Å². The Hall–Kier alpha value is -1.34. The third-order valence-electron chi connectivity index (χ3n) is 5.07. The Bertz CT molecular complexity index is 497. The van der Waals surface area contributed by atoms with Crippen molar-refractivity contribution in [2.75, 3.05) is 64.6 Å². The van der Waals surface area contributed by atoms with Crippen LogP contribution in [-0.4, -0.2) is 77.0 Å². The van der Waals surface area contributed by atoms with Crippen LogP contribution in [0.1, 0.15) is 12.8 Å². The summed E-state index contributed by atoms with van der Waals surface area (Å²) in [4.78, 5) is 3.83. The largest absolute Gasteiger partial charge is 0.497 e. The molecule has 0 aliphatic carbocycles. The van der Waals surface area contributed by atoms with Gasteiger partial charge in [0.1, 0.15) is 18.4 Å². The average molecular weight is 351 g/mol. The number of rotatable bonds is 8. The first-order valence-corrected chi connectivity index (χ1v) is 9.34. The standard InChI is InChI=1S/C19H30N2O4/c1-23-18-6-4-16(5-7-18)21-10-8-20(9-11-21)13-17(22)14-24-15-19-3-2-12-25-19/h4-7,17,19,22H,2-3,8-15H2,1H3/p+1/t17-,19+/m1/s1. The van der Waals surface area contributed by atoms with Crippen molar-refractivity contribution in [2.45, 2.75) is 25.0 Å². The van der Waals surface area contributed by atoms with Crippen molar-refractivity contribution >= 4 is 5.69 Å². The Kier molecular flexibility index (Phi) is 6.93. The number of quaternary nitrogens is 1. The second-order valence-corrected chi connectivity index (χ2v) is 6.97. The SMILES string of the molecule is COc1ccc(N2CC[NH+](C[C@@H](O)COC[C@@H]3CCCO3)CC2)cc1. The van der Waals surface area contributed by atoms with Crippen LogP contribution in [0, 0.1) is 0 Å². The fourth-order valence-electron chi connectivity index (χ4n) is 3.58. The summed E-state index contributed by atoms with van der Waals surface area (Å²) in [7, 11) is 1.69. The van der Waals surface area contributed by atoms with E-state index in [0.717, 1.165) is 57.9 Å². The lowest BCUT2D eigenvalue weighted by molar-refractivity contribution is -0.903. The second kappa shape index (κ2) is 9.38. The van der Waals surface area contributed by atoms with Crippen LogP contribution < -0.4 is 14.5 Å². The fourth-order valence-corrected chi connectivity index (χ4v) is 3.58. The molecule has 1 aromatic rings. The van der Waals surface area contributed by atoms with E-state index in [1.165, 1.54) is 10.6 Å². The molecule has 2 aliphatic heterocycles. The molecule has 2 heterocycles. The minimum Gasteiger partial charge on any atom is -0.497 e. The fraction of sp³-hybridized carbons (Fsp3) is 0.684. The van der Waals surface area contributed by atoms with Crippen molar-refractivity contribution in [1.82, 2.24) is 0 Å². The van der Waals surface area contributed by atoms with Crippen LogP contribution in [0.4, 0.5) is 5.69 Å². The number of nitrogens with one attached hydrogen (secondary N) is 1. The maximum atomic E-state index is 10.2. The van der Waals surface area contributed by atoms with Crippen LogP contribution in [0.5, 0.6) is 5.75 Å². The van der Waals surface area contributed by atoms with Gasteiger partial charge in [-0.2, -0.15) is 0 Å². The Balaban J connectivity index is 1.33. The number of anilines is 1. The highest BCUT2D eigenvalue weighted by Gasteiger charge is 2.23. The van der Waals surface area contributed by atoms with Gasteiger partial charge in [-0.3, -0.25) is 0 Å². The maximum Gasteiger partial charge on any atom is 0.126 e. The van der Waals surface area contributed by atoms with Crippen molar-refractivity contribution in [3.05, 3.63) is 24.3 Å². The summed E-state index contributed by atoms with van der Waals surface area (Å²) in [6.07, 6.45) is 2.03. The molecule has 0 saturated carbocycles. The summed E-state index contributed by atoms with van der Waals surface area (Å²) >= 11 is 0. The van der Waals surface area contributed by atoms with Crippen LogP contribution in [0.15, 0.2) is 24.3 Å². The molecule has 140 valence electrons. The zero-order chi connectivity index (χ0) is 17.5. The van der Waals surface area contributed by atoms with Gasteiger partial charge in [0.2, 0.25) is 0 Å². The topological polar surface area (TPSA) is 55.6 Å². The summed E-state index contributed by atoms with van der Waals surface area (Å²) in [5.74, 6) is 0.888. The van der Waals surface area contributed by atoms with Crippen molar-refractivity contribution in [3.8, 4) is 5.75 Å². The van der Waals surface area contributed by atoms with Gasteiger partial charge in [0, 0.05) is 12.3 Å². The molecule has 2 aliphatic rings. The lowest BCUT2D eigenvalue weighted by atomic mass is 10.2. The molecule has 0 radical (unpaired) electrons. The molecule has 1 aromatic carbocycles. The highest BCUT2D eigenvalue weighted by molar-refractivity contribution is 5.49. The van der Waals surface area contributed by atoms with Gasteiger partial charge in [-0.15, -0.1) is 0 Å². The number of methoxy groups -OCH3 is 1. The lowest BCUT2D eigenvalue weighted by Crippen LogP contribution is -3.16. The third kappa shape index (κ3) is 5.57. The van der Waals surface area contributed by atoms with Crippen molar-refractivity contribution < 1.29 is 24.2 Å². The minimum absolute atomic E-state index is 0.229. The predicted octanol–water partition coefficient (Wildman–Crippen LogP) is -0.0434. The van der Waals surface area contributed by atoms with Gasteiger partial charge in [-0.1, -0.05) is 0 Å². The molecule has 2 N–H and O–H groups in total. The Morgan fingerprint density at radius 3 is 2.68 bits per heavy atom. The number of hydrogen-bond acceptors (Lipinski definition) is 5. The quantitative estimate of drug-likeness (QED) is 0.688. The molecule has 2 saturated heterocycles. The van der Waals surface area contributed by atoms with Crippen LogP contribution in [-0.2, 0) is 9.47 Å². The van der Waals surface area contributed by atoms with E-state index in [9.17, 15) is 5.11 Å². The van der Waals surface area contributed by atoms with Crippen molar-refractivity contribution in [3.63, 3.8) is 0 Å². The van der Waals surface area contributed by atoms with Gasteiger partial charge in [0.15, 0.2) is 0 Å². The summed E-state index contributed by atoms with van der Waals surface area (Å²) in [6.45, 7) is 6.70. The number of benzene rings is 1. The number of hydrogen-bond donors (Lipinski definition) is 2. The summed E-state index contributed by atoms with van der Waals surface area (Å²) in [6, 6.07) is 8.22. The summed E-state index contributed by atoms with van der Waals surface area (Å²) < 4.78 is 16.4. The Morgan fingerprint density at radius 2 is 2.04 bits per heavy atom. The maximum absolute atomic E-state index is 10.2. The van der Waals surface area contributed by atoms with E-state index in [1.807, 2.05) is 12.1 Å². The molecule has 2 fully saturated rings. The molecular weight excluding hydrogens is 320 g/mol. The Morgan fingerprint density at radius 1 is 1.28 bits per heavy atom. The Labute approximate surface area is 150 Å². The number of aliphatic hydroxyl groups excluding tert-OH is 1. The minimum atomic E-state index is -0.399. The first-order valence-electron chi connectivity index (χ1n) is 9.34. The van der Waals surface area contributed by atoms with Gasteiger partial charge in [-0.05, 0) is 37.1 Å². The second-order valence-electron chi connectivity index (χ2n) is 6.97. The molecule has 6 nitrogen and oxygen atoms in total. The zero-order valence-electron chi connectivity index (χ0n) is 15.2. The number of nitrogens with zero attached hydrogens (tertiary/aromatic N) is 1. The van der Waals surface area contributed by atoms with E-state index < -0.39 is 6.10 Å². The van der Waals surface area contributed by atoms with Gasteiger partial charge in [-0.25, -0.2) is 0 Å². The molecular formula is C19H31N2O4+. The molecule has 25 heavy (non-hydrogen) atoms. The van der Waals surface area contributed by atoms with E-state index in [2.05, 4.69) is 17.0 Å². The van der Waals surface area contributed by atoms with Crippen molar-refractivity contribution in [1.29, 1.82) is 0 Å². The van der Waals surface area contributed by atoms with Gasteiger partial charge < -0.3 is 29.1 Å². The summed E-state index contributed by atoms with van der Waals surface area (Å²) in [5.41, 5.74) is 1.24. The lowest BCUT2D eigenvalue weighted by Gasteiger charge is -2.34. The highest BCUT2D eigenvalue weighted by atomic mass is 16.5. The third-order valence-corrected chi connectivity index (χ3v) is 5.07. The van der Waals surface area contributed by atoms with Crippen LogP contribution in [0.25, 0.3) is 0 Å². The molecule has 0 amide bonds. The predicted molar refractivity (Wildman–Crippen MR) is 96.6 cm³/mol. The molecule has 3 rings (SSSR count). The molecule has 6 heteroatoms. The highest BCUT2D eigenvalue weighted by Crippen LogP contribution is 2.19. The molecule has 0 unspecified atom stereocenters. The smallest absolute Gasteiger partial charge is 0.126 e. The molecule has 0 bridgehead atoms. The number of piperazine rings is 1. The van der Waals surface area contributed by atoms with E-state index in [1.54, 1.807) is 7.11 Å². The first-order chi connectivity index (χ1) is 12.2. The van der Waals surface area contributed by atoms with Gasteiger partial charge in [0.05, 0.1) is 52.6 Å². The van der Waals surface area contributed by atoms with E-state index in [-0.39, 0.29) is 6.10 Å². The molecule has 0 spiro atoms. The van der Waals surface area contributed by atoms with Crippen LogP contribution in [0.3, 0.4) is 0 Å². The van der Waals surface area contributed by atoms with E-state index in [0.29, 0.717) is 13.2 Å². The zero-order valence-corrected chi connectivity index (χ0v) is 15.2. The van der Waals surface area contributed by atoms with E-state index in [4.69, 9.17) is 14.2 Å². The normalized spacial score (nSPS) is 23.0. The molecule has 0 aromatic heterocycles. The summed E-state index contributed by atoms with van der Waals surface area (Å²) in [5, 5.41) is 10.2. The van der Waals surface area contributed by atoms with Crippen LogP contribution in [0.2, 0.25) is 0 Å². The first kappa shape index (κ1) is 18.5. The van der Waals surface area contributed by atoms with Crippen LogP contribution >= 0.6 is 0 Å². The number of ether oxygens (including phenoxy) is 3. The van der Waals surface area contributed by atoms with Crippen molar-refractivity contribution in [2.24, 2.45) is 0 Å². The average Bonchev–Trinajstić information content (AvgIpc) is 3.16.